The van der Waals surface area contributed by atoms with Gasteiger partial charge in [0.05, 0.1) is 19.8 Å². The molecule has 0 radical (unpaired) electrons. The zero-order valence-corrected chi connectivity index (χ0v) is 14.8. The number of hydrogen-bond donors (Lipinski definition) is 0. The Morgan fingerprint density at radius 1 is 0.926 bits per heavy atom. The molecule has 8 heteroatoms. The van der Waals surface area contributed by atoms with Crippen molar-refractivity contribution in [1.82, 2.24) is 29.5 Å². The van der Waals surface area contributed by atoms with Crippen molar-refractivity contribution >= 4 is 0 Å². The Balaban J connectivity index is 1.71. The largest absolute Gasteiger partial charge is 0.480 e. The zero-order valence-electron chi connectivity index (χ0n) is 14.8. The van der Waals surface area contributed by atoms with Gasteiger partial charge in [0.2, 0.25) is 5.88 Å². The Labute approximate surface area is 155 Å². The van der Waals surface area contributed by atoms with Crippen LogP contribution in [0.5, 0.6) is 11.9 Å². The van der Waals surface area contributed by atoms with Crippen LogP contribution in [0.1, 0.15) is 0 Å². The van der Waals surface area contributed by atoms with Crippen molar-refractivity contribution in [3.8, 4) is 40.2 Å². The molecule has 0 spiro atoms. The summed E-state index contributed by atoms with van der Waals surface area (Å²) in [5.41, 5.74) is 3.32. The van der Waals surface area contributed by atoms with E-state index in [0.29, 0.717) is 17.4 Å². The van der Waals surface area contributed by atoms with Crippen molar-refractivity contribution in [1.29, 1.82) is 0 Å². The topological polar surface area (TPSA) is 87.8 Å². The van der Waals surface area contributed by atoms with Crippen LogP contribution in [0.25, 0.3) is 28.3 Å². The first-order valence-corrected chi connectivity index (χ1v) is 8.15. The van der Waals surface area contributed by atoms with Gasteiger partial charge in [-0.25, -0.2) is 19.9 Å². The molecule has 0 amide bonds. The predicted octanol–water partition coefficient (Wildman–Crippen LogP) is 2.80. The van der Waals surface area contributed by atoms with E-state index < -0.39 is 0 Å². The minimum absolute atomic E-state index is 0.258. The minimum atomic E-state index is 0.258. The third kappa shape index (κ3) is 3.32. The van der Waals surface area contributed by atoms with Crippen LogP contribution in [0.15, 0.2) is 61.4 Å². The highest BCUT2D eigenvalue weighted by atomic mass is 16.5. The quantitative estimate of drug-likeness (QED) is 0.541. The second-order valence-corrected chi connectivity index (χ2v) is 5.57. The second-order valence-electron chi connectivity index (χ2n) is 5.57. The number of rotatable bonds is 5. The van der Waals surface area contributed by atoms with Gasteiger partial charge in [0.1, 0.15) is 12.0 Å². The maximum Gasteiger partial charge on any atom is 0.319 e. The molecule has 8 nitrogen and oxygen atoms in total. The molecule has 3 aromatic heterocycles. The van der Waals surface area contributed by atoms with E-state index >= 15 is 0 Å². The van der Waals surface area contributed by atoms with Gasteiger partial charge in [0.25, 0.3) is 0 Å². The molecule has 0 saturated heterocycles. The summed E-state index contributed by atoms with van der Waals surface area (Å²) in [7, 11) is 3.08. The lowest BCUT2D eigenvalue weighted by Crippen LogP contribution is -1.98. The van der Waals surface area contributed by atoms with E-state index in [4.69, 9.17) is 9.47 Å². The normalized spacial score (nSPS) is 10.6. The Morgan fingerprint density at radius 2 is 1.78 bits per heavy atom. The van der Waals surface area contributed by atoms with E-state index in [-0.39, 0.29) is 6.01 Å². The van der Waals surface area contributed by atoms with Gasteiger partial charge >= 0.3 is 6.01 Å². The molecule has 4 rings (SSSR count). The average Bonchev–Trinajstić information content (AvgIpc) is 3.24. The molecule has 0 fully saturated rings. The van der Waals surface area contributed by atoms with Crippen LogP contribution in [0.3, 0.4) is 0 Å². The highest BCUT2D eigenvalue weighted by Gasteiger charge is 2.12. The molecule has 27 heavy (non-hydrogen) atoms. The molecule has 134 valence electrons. The summed E-state index contributed by atoms with van der Waals surface area (Å²) in [5, 5.41) is 0. The fourth-order valence-electron chi connectivity index (χ4n) is 2.65. The first-order chi connectivity index (χ1) is 13.3. The Morgan fingerprint density at radius 3 is 2.56 bits per heavy atom. The Bertz CT molecular complexity index is 1060. The number of imidazole rings is 1. The van der Waals surface area contributed by atoms with Gasteiger partial charge in [-0.1, -0.05) is 12.1 Å². The van der Waals surface area contributed by atoms with Crippen LogP contribution >= 0.6 is 0 Å². The summed E-state index contributed by atoms with van der Waals surface area (Å²) < 4.78 is 12.4. The fraction of sp³-hybridized carbons (Fsp3) is 0.105. The average molecular weight is 360 g/mol. The van der Waals surface area contributed by atoms with Gasteiger partial charge < -0.3 is 14.0 Å². The second kappa shape index (κ2) is 7.20. The SMILES string of the molecule is COc1ncc(-c2cccc(-n3cnc(-c4ncccn4)c3)c2)c(OC)n1. The summed E-state index contributed by atoms with van der Waals surface area (Å²) in [6.07, 6.45) is 8.68. The Kier molecular flexibility index (Phi) is 4.44. The fourth-order valence-corrected chi connectivity index (χ4v) is 2.65. The molecule has 0 aliphatic carbocycles. The molecule has 1 aromatic carbocycles. The number of methoxy groups -OCH3 is 2. The first-order valence-electron chi connectivity index (χ1n) is 8.15. The summed E-state index contributed by atoms with van der Waals surface area (Å²) in [6, 6.07) is 9.94. The maximum atomic E-state index is 5.38. The lowest BCUT2D eigenvalue weighted by atomic mass is 10.1. The van der Waals surface area contributed by atoms with Crippen LogP contribution in [0.2, 0.25) is 0 Å². The zero-order chi connectivity index (χ0) is 18.6. The molecular formula is C19H16N6O2. The van der Waals surface area contributed by atoms with Gasteiger partial charge in [-0.15, -0.1) is 0 Å². The lowest BCUT2D eigenvalue weighted by Gasteiger charge is -2.10. The minimum Gasteiger partial charge on any atom is -0.480 e. The molecule has 3 heterocycles. The van der Waals surface area contributed by atoms with Crippen molar-refractivity contribution in [3.63, 3.8) is 0 Å². The molecule has 0 bridgehead atoms. The van der Waals surface area contributed by atoms with E-state index in [1.807, 2.05) is 35.0 Å². The van der Waals surface area contributed by atoms with Gasteiger partial charge in [-0.05, 0) is 23.8 Å². The van der Waals surface area contributed by atoms with Crippen LogP contribution in [0, 0.1) is 0 Å². The smallest absolute Gasteiger partial charge is 0.319 e. The number of hydrogen-bond acceptors (Lipinski definition) is 7. The number of ether oxygens (including phenoxy) is 2. The standard InChI is InChI=1S/C19H16N6O2/c1-26-18-15(10-22-19(24-18)27-2)13-5-3-6-14(9-13)25-11-16(23-12-25)17-20-7-4-8-21-17/h3-12H,1-2H3. The van der Waals surface area contributed by atoms with E-state index in [2.05, 4.69) is 24.9 Å². The molecule has 0 aliphatic heterocycles. The summed E-state index contributed by atoms with van der Waals surface area (Å²) in [6.45, 7) is 0. The van der Waals surface area contributed by atoms with E-state index in [1.54, 1.807) is 38.1 Å². The van der Waals surface area contributed by atoms with Crippen molar-refractivity contribution in [2.24, 2.45) is 0 Å². The highest BCUT2D eigenvalue weighted by Crippen LogP contribution is 2.30. The van der Waals surface area contributed by atoms with E-state index in [1.165, 1.54) is 7.11 Å². The van der Waals surface area contributed by atoms with Crippen molar-refractivity contribution in [2.75, 3.05) is 14.2 Å². The van der Waals surface area contributed by atoms with E-state index in [9.17, 15) is 0 Å². The molecule has 0 unspecified atom stereocenters. The molecule has 0 atom stereocenters. The van der Waals surface area contributed by atoms with Crippen LogP contribution < -0.4 is 9.47 Å². The number of aromatic nitrogens is 6. The monoisotopic (exact) mass is 360 g/mol. The van der Waals surface area contributed by atoms with Crippen LogP contribution in [-0.2, 0) is 0 Å². The molecule has 0 N–H and O–H groups in total. The number of nitrogens with zero attached hydrogens (tertiary/aromatic N) is 6. The molecule has 4 aromatic rings. The molecule has 0 aliphatic rings. The number of benzene rings is 1. The van der Waals surface area contributed by atoms with Gasteiger partial charge in [0.15, 0.2) is 5.82 Å². The lowest BCUT2D eigenvalue weighted by molar-refractivity contribution is 0.353. The van der Waals surface area contributed by atoms with Crippen molar-refractivity contribution < 1.29 is 9.47 Å². The van der Waals surface area contributed by atoms with Crippen molar-refractivity contribution in [2.45, 2.75) is 0 Å². The Hall–Kier alpha value is -3.81. The van der Waals surface area contributed by atoms with Gasteiger partial charge in [-0.3, -0.25) is 0 Å². The third-order valence-electron chi connectivity index (χ3n) is 3.94. The molecule has 0 saturated carbocycles. The summed E-state index contributed by atoms with van der Waals surface area (Å²) in [5.74, 6) is 1.03. The first kappa shape index (κ1) is 16.6. The maximum absolute atomic E-state index is 5.38. The third-order valence-corrected chi connectivity index (χ3v) is 3.94. The molecular weight excluding hydrogens is 344 g/mol. The van der Waals surface area contributed by atoms with Gasteiger partial charge in [-0.2, -0.15) is 4.98 Å². The summed E-state index contributed by atoms with van der Waals surface area (Å²) >= 11 is 0. The van der Waals surface area contributed by atoms with Crippen molar-refractivity contribution in [3.05, 3.63) is 61.4 Å². The van der Waals surface area contributed by atoms with Crippen LogP contribution in [0.4, 0.5) is 0 Å². The summed E-state index contributed by atoms with van der Waals surface area (Å²) in [4.78, 5) is 21.3. The van der Waals surface area contributed by atoms with E-state index in [0.717, 1.165) is 16.8 Å². The predicted molar refractivity (Wildman–Crippen MR) is 98.7 cm³/mol. The van der Waals surface area contributed by atoms with Gasteiger partial charge in [0, 0.05) is 30.5 Å². The van der Waals surface area contributed by atoms with Crippen LogP contribution in [-0.4, -0.2) is 43.7 Å². The highest BCUT2D eigenvalue weighted by molar-refractivity contribution is 5.70.